The van der Waals surface area contributed by atoms with Gasteiger partial charge in [0, 0.05) is 43.4 Å². The first-order valence-corrected chi connectivity index (χ1v) is 8.36. The number of aromatic nitrogens is 2. The van der Waals surface area contributed by atoms with Crippen LogP contribution in [0.1, 0.15) is 43.1 Å². The highest BCUT2D eigenvalue weighted by molar-refractivity contribution is 5.82. The molecule has 3 amide bonds. The lowest BCUT2D eigenvalue weighted by molar-refractivity contribution is -0.128. The van der Waals surface area contributed by atoms with Crippen LogP contribution >= 0.6 is 0 Å². The summed E-state index contributed by atoms with van der Waals surface area (Å²) in [4.78, 5) is 25.9. The Hall–Kier alpha value is -2.05. The van der Waals surface area contributed by atoms with Crippen LogP contribution in [0.5, 0.6) is 0 Å². The highest BCUT2D eigenvalue weighted by Gasteiger charge is 2.39. The molecular weight excluding hydrogens is 294 g/mol. The van der Waals surface area contributed by atoms with Crippen LogP contribution in [0, 0.1) is 13.8 Å². The fourth-order valence-electron chi connectivity index (χ4n) is 3.27. The van der Waals surface area contributed by atoms with Crippen molar-refractivity contribution in [3.63, 3.8) is 0 Å². The van der Waals surface area contributed by atoms with Gasteiger partial charge in [0.1, 0.15) is 0 Å². The van der Waals surface area contributed by atoms with Gasteiger partial charge in [-0.25, -0.2) is 4.79 Å². The molecule has 0 radical (unpaired) electrons. The van der Waals surface area contributed by atoms with Gasteiger partial charge in [0.2, 0.25) is 5.91 Å². The molecular formula is C16H25N5O2. The first-order valence-electron chi connectivity index (χ1n) is 8.36. The summed E-state index contributed by atoms with van der Waals surface area (Å²) in [6, 6.07) is 0.120. The van der Waals surface area contributed by atoms with Gasteiger partial charge in [-0.3, -0.25) is 9.48 Å². The van der Waals surface area contributed by atoms with Gasteiger partial charge in [-0.2, -0.15) is 5.10 Å². The molecule has 1 atom stereocenters. The normalized spacial score (nSPS) is 20.9. The van der Waals surface area contributed by atoms with Crippen LogP contribution in [-0.2, 0) is 17.9 Å². The number of carbonyl (C=O) groups is 2. The van der Waals surface area contributed by atoms with Crippen molar-refractivity contribution >= 4 is 11.9 Å². The van der Waals surface area contributed by atoms with Crippen molar-refractivity contribution in [3.8, 4) is 0 Å². The first-order chi connectivity index (χ1) is 11.0. The van der Waals surface area contributed by atoms with Crippen molar-refractivity contribution in [2.45, 2.75) is 65.2 Å². The number of carbonyl (C=O) groups excluding carboxylic acids is 2. The van der Waals surface area contributed by atoms with Crippen molar-refractivity contribution < 1.29 is 9.59 Å². The van der Waals surface area contributed by atoms with Gasteiger partial charge in [-0.1, -0.05) is 0 Å². The van der Waals surface area contributed by atoms with Crippen molar-refractivity contribution in [2.75, 3.05) is 6.54 Å². The number of hydrogen-bond donors (Lipinski definition) is 2. The quantitative estimate of drug-likeness (QED) is 0.852. The second-order valence-corrected chi connectivity index (χ2v) is 6.47. The Morgan fingerprint density at radius 2 is 2.09 bits per heavy atom. The summed E-state index contributed by atoms with van der Waals surface area (Å²) >= 11 is 0. The Bertz CT molecular complexity index is 620. The molecule has 2 N–H and O–H groups in total. The molecule has 1 unspecified atom stereocenters. The molecule has 3 rings (SSSR count). The third-order valence-electron chi connectivity index (χ3n) is 4.74. The van der Waals surface area contributed by atoms with Crippen LogP contribution in [0.25, 0.3) is 0 Å². The second-order valence-electron chi connectivity index (χ2n) is 6.47. The fraction of sp³-hybridized carbons (Fsp3) is 0.688. The van der Waals surface area contributed by atoms with E-state index in [0.717, 1.165) is 36.3 Å². The lowest BCUT2D eigenvalue weighted by Crippen LogP contribution is -2.43. The molecule has 1 saturated carbocycles. The summed E-state index contributed by atoms with van der Waals surface area (Å²) in [6.07, 6.45) is 2.62. The van der Waals surface area contributed by atoms with Crippen LogP contribution in [0.3, 0.4) is 0 Å². The minimum Gasteiger partial charge on any atom is -0.338 e. The number of rotatable bonds is 5. The van der Waals surface area contributed by atoms with E-state index < -0.39 is 0 Å². The van der Waals surface area contributed by atoms with Gasteiger partial charge in [-0.05, 0) is 33.6 Å². The van der Waals surface area contributed by atoms with E-state index in [1.54, 1.807) is 0 Å². The Balaban J connectivity index is 1.50. The minimum atomic E-state index is -0.219. The lowest BCUT2D eigenvalue weighted by Gasteiger charge is -2.16. The zero-order chi connectivity index (χ0) is 16.6. The number of nitrogens with one attached hydrogen (secondary N) is 2. The van der Waals surface area contributed by atoms with Gasteiger partial charge in [0.05, 0.1) is 11.7 Å². The molecule has 1 saturated heterocycles. The third-order valence-corrected chi connectivity index (χ3v) is 4.74. The molecule has 126 valence electrons. The summed E-state index contributed by atoms with van der Waals surface area (Å²) < 4.78 is 1.94. The van der Waals surface area contributed by atoms with E-state index in [4.69, 9.17) is 0 Å². The average molecular weight is 319 g/mol. The van der Waals surface area contributed by atoms with Crippen LogP contribution < -0.4 is 10.6 Å². The smallest absolute Gasteiger partial charge is 0.315 e. The minimum absolute atomic E-state index is 0.0799. The largest absolute Gasteiger partial charge is 0.338 e. The van der Waals surface area contributed by atoms with Crippen LogP contribution in [-0.4, -0.2) is 45.2 Å². The van der Waals surface area contributed by atoms with E-state index >= 15 is 0 Å². The molecule has 0 bridgehead atoms. The fourth-order valence-corrected chi connectivity index (χ4v) is 3.27. The number of likely N-dealkylation sites (tertiary alicyclic amines) is 1. The highest BCUT2D eigenvalue weighted by Crippen LogP contribution is 2.30. The molecule has 7 heteroatoms. The molecule has 1 aromatic heterocycles. The van der Waals surface area contributed by atoms with Gasteiger partial charge in [0.25, 0.3) is 0 Å². The van der Waals surface area contributed by atoms with E-state index in [1.165, 1.54) is 0 Å². The van der Waals surface area contributed by atoms with E-state index in [1.807, 2.05) is 30.4 Å². The number of nitrogens with zero attached hydrogens (tertiary/aromatic N) is 3. The molecule has 2 heterocycles. The van der Waals surface area contributed by atoms with Crippen molar-refractivity contribution in [2.24, 2.45) is 0 Å². The van der Waals surface area contributed by atoms with Gasteiger partial charge in [0.15, 0.2) is 0 Å². The first kappa shape index (κ1) is 15.8. The van der Waals surface area contributed by atoms with E-state index in [2.05, 4.69) is 15.7 Å². The molecule has 2 aliphatic rings. The molecule has 0 aromatic carbocycles. The second kappa shape index (κ2) is 6.22. The maximum atomic E-state index is 12.1. The summed E-state index contributed by atoms with van der Waals surface area (Å²) in [6.45, 7) is 7.93. The predicted molar refractivity (Wildman–Crippen MR) is 85.9 cm³/mol. The Morgan fingerprint density at radius 1 is 1.35 bits per heavy atom. The van der Waals surface area contributed by atoms with Gasteiger partial charge in [-0.15, -0.1) is 0 Å². The third kappa shape index (κ3) is 3.33. The van der Waals surface area contributed by atoms with Crippen molar-refractivity contribution in [1.29, 1.82) is 0 Å². The Labute approximate surface area is 136 Å². The summed E-state index contributed by atoms with van der Waals surface area (Å²) in [5.74, 6) is 0.161. The highest BCUT2D eigenvalue weighted by atomic mass is 16.2. The van der Waals surface area contributed by atoms with Crippen LogP contribution in [0.4, 0.5) is 4.79 Å². The Morgan fingerprint density at radius 3 is 2.70 bits per heavy atom. The number of urea groups is 1. The maximum absolute atomic E-state index is 12.1. The summed E-state index contributed by atoms with van der Waals surface area (Å²) in [7, 11) is 0. The number of aryl methyl sites for hydroxylation is 2. The van der Waals surface area contributed by atoms with Gasteiger partial charge < -0.3 is 15.5 Å². The number of amides is 3. The zero-order valence-electron chi connectivity index (χ0n) is 14.1. The summed E-state index contributed by atoms with van der Waals surface area (Å²) in [5.41, 5.74) is 3.09. The SMILES string of the molecule is CCn1nc(C)c(CNC(=O)NC2CC(=O)N(C3CC3)C2)c1C. The monoisotopic (exact) mass is 319 g/mol. The van der Waals surface area contributed by atoms with Crippen molar-refractivity contribution in [1.82, 2.24) is 25.3 Å². The molecule has 0 spiro atoms. The molecule has 1 aromatic rings. The van der Waals surface area contributed by atoms with E-state index in [0.29, 0.717) is 25.6 Å². The topological polar surface area (TPSA) is 79.3 Å². The Kier molecular flexibility index (Phi) is 4.28. The predicted octanol–water partition coefficient (Wildman–Crippen LogP) is 1.08. The van der Waals surface area contributed by atoms with Crippen LogP contribution in [0.15, 0.2) is 0 Å². The lowest BCUT2D eigenvalue weighted by atomic mass is 10.2. The van der Waals surface area contributed by atoms with E-state index in [9.17, 15) is 9.59 Å². The van der Waals surface area contributed by atoms with Gasteiger partial charge >= 0.3 is 6.03 Å². The maximum Gasteiger partial charge on any atom is 0.315 e. The molecule has 23 heavy (non-hydrogen) atoms. The summed E-state index contributed by atoms with van der Waals surface area (Å²) in [5, 5.41) is 10.2. The standard InChI is InChI=1S/C16H25N5O2/c1-4-21-11(3)14(10(2)19-21)8-17-16(23)18-12-7-15(22)20(9-12)13-5-6-13/h12-13H,4-9H2,1-3H3,(H2,17,18,23). The average Bonchev–Trinajstić information content (AvgIpc) is 3.23. The molecule has 7 nitrogen and oxygen atoms in total. The van der Waals surface area contributed by atoms with Crippen molar-refractivity contribution in [3.05, 3.63) is 17.0 Å². The zero-order valence-corrected chi connectivity index (χ0v) is 14.1. The van der Waals surface area contributed by atoms with E-state index in [-0.39, 0.29) is 18.0 Å². The number of hydrogen-bond acceptors (Lipinski definition) is 3. The molecule has 1 aliphatic carbocycles. The molecule has 1 aliphatic heterocycles. The van der Waals surface area contributed by atoms with Crippen LogP contribution in [0.2, 0.25) is 0 Å². The molecule has 2 fully saturated rings.